The van der Waals surface area contributed by atoms with Crippen molar-refractivity contribution in [3.05, 3.63) is 0 Å². The molecule has 2 nitrogen and oxygen atoms in total. The zero-order chi connectivity index (χ0) is 10.4. The van der Waals surface area contributed by atoms with Crippen molar-refractivity contribution in [1.29, 1.82) is 0 Å². The van der Waals surface area contributed by atoms with E-state index in [4.69, 9.17) is 0 Å². The maximum Gasteiger partial charge on any atom is 0.0218 e. The zero-order valence-electron chi connectivity index (χ0n) is 10.1. The van der Waals surface area contributed by atoms with Gasteiger partial charge >= 0.3 is 0 Å². The van der Waals surface area contributed by atoms with Gasteiger partial charge < -0.3 is 10.2 Å². The van der Waals surface area contributed by atoms with Crippen LogP contribution in [0, 0.1) is 5.92 Å². The molecule has 0 radical (unpaired) electrons. The minimum atomic E-state index is 0.795. The van der Waals surface area contributed by atoms with E-state index in [2.05, 4.69) is 31.1 Å². The van der Waals surface area contributed by atoms with Crippen LogP contribution in [0.1, 0.15) is 39.5 Å². The molecule has 1 aliphatic heterocycles. The fourth-order valence-electron chi connectivity index (χ4n) is 2.33. The van der Waals surface area contributed by atoms with Gasteiger partial charge in [0.25, 0.3) is 0 Å². The summed E-state index contributed by atoms with van der Waals surface area (Å²) in [5.41, 5.74) is 0. The van der Waals surface area contributed by atoms with Gasteiger partial charge in [-0.3, -0.25) is 0 Å². The second kappa shape index (κ2) is 6.41. The van der Waals surface area contributed by atoms with Gasteiger partial charge in [-0.2, -0.15) is 0 Å². The summed E-state index contributed by atoms with van der Waals surface area (Å²) in [5.74, 6) is 0.840. The summed E-state index contributed by atoms with van der Waals surface area (Å²) < 4.78 is 0. The Bertz CT molecular complexity index is 147. The molecule has 0 aromatic carbocycles. The van der Waals surface area contributed by atoms with Crippen molar-refractivity contribution in [2.24, 2.45) is 5.92 Å². The van der Waals surface area contributed by atoms with Gasteiger partial charge in [-0.05, 0) is 45.3 Å². The maximum atomic E-state index is 3.60. The first-order valence-corrected chi connectivity index (χ1v) is 6.15. The Labute approximate surface area is 89.1 Å². The van der Waals surface area contributed by atoms with Gasteiger partial charge in [0.15, 0.2) is 0 Å². The SMILES string of the molecule is CCCC(C)CNCC1CCCN1C. The second-order valence-corrected chi connectivity index (χ2v) is 4.83. The summed E-state index contributed by atoms with van der Waals surface area (Å²) >= 11 is 0. The van der Waals surface area contributed by atoms with Crippen LogP contribution < -0.4 is 5.32 Å². The average molecular weight is 198 g/mol. The molecule has 1 aliphatic rings. The Morgan fingerprint density at radius 1 is 1.50 bits per heavy atom. The lowest BCUT2D eigenvalue weighted by atomic mass is 10.1. The molecule has 0 saturated carbocycles. The van der Waals surface area contributed by atoms with E-state index in [9.17, 15) is 0 Å². The maximum absolute atomic E-state index is 3.60. The van der Waals surface area contributed by atoms with E-state index in [-0.39, 0.29) is 0 Å². The number of likely N-dealkylation sites (N-methyl/N-ethyl adjacent to an activating group) is 1. The Morgan fingerprint density at radius 2 is 2.29 bits per heavy atom. The lowest BCUT2D eigenvalue weighted by Gasteiger charge is -2.21. The summed E-state index contributed by atoms with van der Waals surface area (Å²) in [4.78, 5) is 2.48. The van der Waals surface area contributed by atoms with Crippen LogP contribution in [0.2, 0.25) is 0 Å². The Hall–Kier alpha value is -0.0800. The highest BCUT2D eigenvalue weighted by Gasteiger charge is 2.19. The number of rotatable bonds is 6. The zero-order valence-corrected chi connectivity index (χ0v) is 10.1. The van der Waals surface area contributed by atoms with Crippen molar-refractivity contribution in [2.45, 2.75) is 45.6 Å². The Kier molecular flexibility index (Phi) is 5.49. The van der Waals surface area contributed by atoms with Crippen molar-refractivity contribution in [3.63, 3.8) is 0 Å². The minimum absolute atomic E-state index is 0.795. The van der Waals surface area contributed by atoms with Crippen LogP contribution in [-0.4, -0.2) is 37.6 Å². The standard InChI is InChI=1S/C12H26N2/c1-4-6-11(2)9-13-10-12-7-5-8-14(12)3/h11-13H,4-10H2,1-3H3. The molecule has 1 N–H and O–H groups in total. The van der Waals surface area contributed by atoms with Crippen LogP contribution in [0.3, 0.4) is 0 Å². The summed E-state index contributed by atoms with van der Waals surface area (Å²) in [6.45, 7) is 8.27. The summed E-state index contributed by atoms with van der Waals surface area (Å²) in [7, 11) is 2.24. The molecule has 1 heterocycles. The lowest BCUT2D eigenvalue weighted by Crippen LogP contribution is -2.37. The van der Waals surface area contributed by atoms with Crippen LogP contribution >= 0.6 is 0 Å². The van der Waals surface area contributed by atoms with Crippen molar-refractivity contribution >= 4 is 0 Å². The number of hydrogen-bond acceptors (Lipinski definition) is 2. The predicted molar refractivity (Wildman–Crippen MR) is 62.6 cm³/mol. The highest BCUT2D eigenvalue weighted by atomic mass is 15.2. The van der Waals surface area contributed by atoms with Crippen molar-refractivity contribution in [1.82, 2.24) is 10.2 Å². The Balaban J connectivity index is 2.03. The first kappa shape index (κ1) is 12.0. The molecule has 2 unspecified atom stereocenters. The molecule has 0 amide bonds. The first-order valence-electron chi connectivity index (χ1n) is 6.15. The molecule has 14 heavy (non-hydrogen) atoms. The van der Waals surface area contributed by atoms with Gasteiger partial charge in [-0.15, -0.1) is 0 Å². The third kappa shape index (κ3) is 3.97. The van der Waals surface area contributed by atoms with Crippen LogP contribution in [-0.2, 0) is 0 Å². The molecule has 84 valence electrons. The molecule has 0 aromatic rings. The second-order valence-electron chi connectivity index (χ2n) is 4.83. The number of nitrogens with zero attached hydrogens (tertiary/aromatic N) is 1. The van der Waals surface area contributed by atoms with Gasteiger partial charge in [0.2, 0.25) is 0 Å². The van der Waals surface area contributed by atoms with Gasteiger partial charge in [-0.1, -0.05) is 20.3 Å². The van der Waals surface area contributed by atoms with Crippen molar-refractivity contribution in [3.8, 4) is 0 Å². The molecular formula is C12H26N2. The quantitative estimate of drug-likeness (QED) is 0.703. The minimum Gasteiger partial charge on any atom is -0.315 e. The number of hydrogen-bond donors (Lipinski definition) is 1. The van der Waals surface area contributed by atoms with E-state index in [1.807, 2.05) is 0 Å². The highest BCUT2D eigenvalue weighted by Crippen LogP contribution is 2.13. The van der Waals surface area contributed by atoms with E-state index in [0.29, 0.717) is 0 Å². The molecule has 0 aliphatic carbocycles. The number of likely N-dealkylation sites (tertiary alicyclic amines) is 1. The van der Waals surface area contributed by atoms with Gasteiger partial charge in [0.1, 0.15) is 0 Å². The first-order chi connectivity index (χ1) is 6.74. The molecular weight excluding hydrogens is 172 g/mol. The van der Waals surface area contributed by atoms with E-state index < -0.39 is 0 Å². The van der Waals surface area contributed by atoms with E-state index in [0.717, 1.165) is 12.0 Å². The van der Waals surface area contributed by atoms with Crippen LogP contribution in [0.5, 0.6) is 0 Å². The van der Waals surface area contributed by atoms with E-state index in [1.165, 1.54) is 45.3 Å². The van der Waals surface area contributed by atoms with Crippen LogP contribution in [0.25, 0.3) is 0 Å². The fourth-order valence-corrected chi connectivity index (χ4v) is 2.33. The van der Waals surface area contributed by atoms with E-state index in [1.54, 1.807) is 0 Å². The molecule has 2 heteroatoms. The van der Waals surface area contributed by atoms with Gasteiger partial charge in [-0.25, -0.2) is 0 Å². The molecule has 0 bridgehead atoms. The fraction of sp³-hybridized carbons (Fsp3) is 1.00. The van der Waals surface area contributed by atoms with Crippen LogP contribution in [0.4, 0.5) is 0 Å². The lowest BCUT2D eigenvalue weighted by molar-refractivity contribution is 0.295. The molecule has 0 spiro atoms. The summed E-state index contributed by atoms with van der Waals surface area (Å²) in [5, 5.41) is 3.60. The number of nitrogens with one attached hydrogen (secondary N) is 1. The third-order valence-electron chi connectivity index (χ3n) is 3.33. The third-order valence-corrected chi connectivity index (χ3v) is 3.33. The predicted octanol–water partition coefficient (Wildman–Crippen LogP) is 2.11. The monoisotopic (exact) mass is 198 g/mol. The smallest absolute Gasteiger partial charge is 0.0218 e. The molecule has 1 saturated heterocycles. The molecule has 2 atom stereocenters. The topological polar surface area (TPSA) is 15.3 Å². The molecule has 1 fully saturated rings. The van der Waals surface area contributed by atoms with Crippen molar-refractivity contribution < 1.29 is 0 Å². The average Bonchev–Trinajstić information content (AvgIpc) is 2.52. The molecule has 1 rings (SSSR count). The van der Waals surface area contributed by atoms with Crippen molar-refractivity contribution in [2.75, 3.05) is 26.7 Å². The summed E-state index contributed by atoms with van der Waals surface area (Å²) in [6, 6.07) is 0.795. The largest absolute Gasteiger partial charge is 0.315 e. The summed E-state index contributed by atoms with van der Waals surface area (Å²) in [6.07, 6.45) is 5.43. The van der Waals surface area contributed by atoms with Crippen LogP contribution in [0.15, 0.2) is 0 Å². The molecule has 0 aromatic heterocycles. The van der Waals surface area contributed by atoms with E-state index >= 15 is 0 Å². The Morgan fingerprint density at radius 3 is 2.86 bits per heavy atom. The van der Waals surface area contributed by atoms with Gasteiger partial charge in [0, 0.05) is 12.6 Å². The van der Waals surface area contributed by atoms with Gasteiger partial charge in [0.05, 0.1) is 0 Å². The highest BCUT2D eigenvalue weighted by molar-refractivity contribution is 4.78. The normalized spacial score (nSPS) is 25.5.